The SMILES string of the molecule is CCN1CCCC1CNC(=O)c1cccc(-c2cc(-c3ccc(O)c(C)c3)[nH]c(=O)n2)c1. The number of hydrogen-bond donors (Lipinski definition) is 3. The van der Waals surface area contributed by atoms with Gasteiger partial charge in [-0.2, -0.15) is 4.98 Å². The van der Waals surface area contributed by atoms with E-state index in [1.165, 1.54) is 6.42 Å². The molecule has 1 atom stereocenters. The lowest BCUT2D eigenvalue weighted by molar-refractivity contribution is 0.0941. The van der Waals surface area contributed by atoms with Gasteiger partial charge in [-0.25, -0.2) is 4.79 Å². The van der Waals surface area contributed by atoms with Gasteiger partial charge in [0.1, 0.15) is 5.75 Å². The van der Waals surface area contributed by atoms with Crippen LogP contribution in [0.3, 0.4) is 0 Å². The fourth-order valence-corrected chi connectivity index (χ4v) is 4.26. The van der Waals surface area contributed by atoms with E-state index in [0.717, 1.165) is 25.1 Å². The number of likely N-dealkylation sites (tertiary alicyclic amines) is 1. The van der Waals surface area contributed by atoms with E-state index in [1.54, 1.807) is 49.4 Å². The Bertz CT molecular complexity index is 1190. The number of phenols is 1. The monoisotopic (exact) mass is 432 g/mol. The van der Waals surface area contributed by atoms with Crippen molar-refractivity contribution in [3.8, 4) is 28.3 Å². The summed E-state index contributed by atoms with van der Waals surface area (Å²) in [6.45, 7) is 6.65. The third kappa shape index (κ3) is 4.73. The van der Waals surface area contributed by atoms with Crippen molar-refractivity contribution in [3.63, 3.8) is 0 Å². The molecule has 7 heteroatoms. The van der Waals surface area contributed by atoms with Crippen LogP contribution in [-0.4, -0.2) is 51.6 Å². The minimum absolute atomic E-state index is 0.131. The lowest BCUT2D eigenvalue weighted by Crippen LogP contribution is -2.40. The second kappa shape index (κ2) is 9.36. The molecule has 32 heavy (non-hydrogen) atoms. The first-order valence-electron chi connectivity index (χ1n) is 11.0. The number of benzene rings is 2. The molecule has 1 saturated heterocycles. The Morgan fingerprint density at radius 1 is 1.22 bits per heavy atom. The Morgan fingerprint density at radius 3 is 2.84 bits per heavy atom. The maximum Gasteiger partial charge on any atom is 0.345 e. The molecule has 0 aliphatic carbocycles. The lowest BCUT2D eigenvalue weighted by atomic mass is 10.0. The van der Waals surface area contributed by atoms with Crippen LogP contribution in [0.4, 0.5) is 0 Å². The summed E-state index contributed by atoms with van der Waals surface area (Å²) in [6, 6.07) is 14.5. The molecule has 2 heterocycles. The number of phenolic OH excluding ortho intramolecular Hbond substituents is 1. The molecule has 0 radical (unpaired) electrons. The highest BCUT2D eigenvalue weighted by atomic mass is 16.3. The van der Waals surface area contributed by atoms with Crippen molar-refractivity contribution in [2.45, 2.75) is 32.7 Å². The number of nitrogens with one attached hydrogen (secondary N) is 2. The van der Waals surface area contributed by atoms with Crippen LogP contribution in [0.15, 0.2) is 53.3 Å². The summed E-state index contributed by atoms with van der Waals surface area (Å²) in [5, 5.41) is 12.8. The first kappa shape index (κ1) is 21.8. The number of carbonyl (C=O) groups excluding carboxylic acids is 1. The molecule has 1 aromatic heterocycles. The maximum atomic E-state index is 12.8. The summed E-state index contributed by atoms with van der Waals surface area (Å²) in [6.07, 6.45) is 2.27. The molecule has 3 N–H and O–H groups in total. The Balaban J connectivity index is 1.56. The third-order valence-electron chi connectivity index (χ3n) is 6.08. The molecule has 0 spiro atoms. The largest absolute Gasteiger partial charge is 0.508 e. The first-order valence-corrected chi connectivity index (χ1v) is 11.0. The zero-order valence-electron chi connectivity index (χ0n) is 18.4. The Morgan fingerprint density at radius 2 is 2.06 bits per heavy atom. The molecule has 1 fully saturated rings. The number of hydrogen-bond acceptors (Lipinski definition) is 5. The van der Waals surface area contributed by atoms with Crippen LogP contribution in [0, 0.1) is 6.92 Å². The molecule has 2 aromatic carbocycles. The summed E-state index contributed by atoms with van der Waals surface area (Å²) >= 11 is 0. The topological polar surface area (TPSA) is 98.3 Å². The van der Waals surface area contributed by atoms with Gasteiger partial charge in [0, 0.05) is 23.7 Å². The van der Waals surface area contributed by atoms with E-state index in [-0.39, 0.29) is 11.7 Å². The van der Waals surface area contributed by atoms with E-state index in [0.29, 0.717) is 40.7 Å². The molecule has 166 valence electrons. The van der Waals surface area contributed by atoms with E-state index in [2.05, 4.69) is 27.1 Å². The zero-order chi connectivity index (χ0) is 22.7. The highest BCUT2D eigenvalue weighted by Crippen LogP contribution is 2.26. The second-order valence-electron chi connectivity index (χ2n) is 8.20. The molecule has 0 bridgehead atoms. The van der Waals surface area contributed by atoms with Crippen LogP contribution in [0.25, 0.3) is 22.5 Å². The molecule has 1 aliphatic heterocycles. The molecular formula is C25H28N4O3. The number of aryl methyl sites for hydroxylation is 1. The van der Waals surface area contributed by atoms with Gasteiger partial charge in [-0.05, 0) is 80.4 Å². The molecular weight excluding hydrogens is 404 g/mol. The van der Waals surface area contributed by atoms with Crippen molar-refractivity contribution >= 4 is 5.91 Å². The fraction of sp³-hybridized carbons (Fsp3) is 0.320. The number of amides is 1. The van der Waals surface area contributed by atoms with Crippen molar-refractivity contribution in [2.75, 3.05) is 19.6 Å². The normalized spacial score (nSPS) is 16.2. The van der Waals surface area contributed by atoms with Crippen molar-refractivity contribution in [2.24, 2.45) is 0 Å². The van der Waals surface area contributed by atoms with E-state index >= 15 is 0 Å². The number of aromatic hydroxyl groups is 1. The first-order chi connectivity index (χ1) is 15.4. The highest BCUT2D eigenvalue weighted by Gasteiger charge is 2.23. The van der Waals surface area contributed by atoms with Crippen molar-refractivity contribution in [3.05, 3.63) is 70.1 Å². The summed E-state index contributed by atoms with van der Waals surface area (Å²) < 4.78 is 0. The average Bonchev–Trinajstić information content (AvgIpc) is 3.26. The van der Waals surface area contributed by atoms with Crippen molar-refractivity contribution < 1.29 is 9.90 Å². The summed E-state index contributed by atoms with van der Waals surface area (Å²) in [7, 11) is 0. The van der Waals surface area contributed by atoms with Crippen LogP contribution in [0.5, 0.6) is 5.75 Å². The van der Waals surface area contributed by atoms with Gasteiger partial charge in [-0.1, -0.05) is 19.1 Å². The molecule has 1 amide bonds. The van der Waals surface area contributed by atoms with Gasteiger partial charge in [0.15, 0.2) is 0 Å². The Kier molecular flexibility index (Phi) is 6.37. The summed E-state index contributed by atoms with van der Waals surface area (Å²) in [5.41, 5.74) is 3.32. The fourth-order valence-electron chi connectivity index (χ4n) is 4.26. The maximum absolute atomic E-state index is 12.8. The third-order valence-corrected chi connectivity index (χ3v) is 6.08. The standard InChI is InChI=1S/C25H28N4O3/c1-3-29-11-5-8-20(29)15-26-24(31)19-7-4-6-17(13-19)21-14-22(28-25(32)27-21)18-9-10-23(30)16(2)12-18/h4,6-7,9-10,12-14,20,30H,3,5,8,11,15H2,1-2H3,(H,26,31)(H,27,28,32). The van der Waals surface area contributed by atoms with Gasteiger partial charge in [-0.3, -0.25) is 9.69 Å². The van der Waals surface area contributed by atoms with Crippen LogP contribution in [-0.2, 0) is 0 Å². The number of aromatic nitrogens is 2. The summed E-state index contributed by atoms with van der Waals surface area (Å²) in [4.78, 5) is 34.2. The van der Waals surface area contributed by atoms with Gasteiger partial charge >= 0.3 is 5.69 Å². The molecule has 4 rings (SSSR count). The minimum Gasteiger partial charge on any atom is -0.508 e. The van der Waals surface area contributed by atoms with Crippen LogP contribution in [0.2, 0.25) is 0 Å². The number of nitrogens with zero attached hydrogens (tertiary/aromatic N) is 2. The molecule has 1 unspecified atom stereocenters. The van der Waals surface area contributed by atoms with Gasteiger partial charge in [0.2, 0.25) is 0 Å². The second-order valence-corrected chi connectivity index (χ2v) is 8.20. The molecule has 3 aromatic rings. The predicted molar refractivity (Wildman–Crippen MR) is 125 cm³/mol. The van der Waals surface area contributed by atoms with Crippen molar-refractivity contribution in [1.29, 1.82) is 0 Å². The number of rotatable bonds is 6. The van der Waals surface area contributed by atoms with E-state index in [1.807, 2.05) is 6.07 Å². The van der Waals surface area contributed by atoms with Crippen LogP contribution >= 0.6 is 0 Å². The van der Waals surface area contributed by atoms with E-state index in [9.17, 15) is 14.7 Å². The number of aromatic amines is 1. The van der Waals surface area contributed by atoms with Gasteiger partial charge in [-0.15, -0.1) is 0 Å². The molecule has 7 nitrogen and oxygen atoms in total. The quantitative estimate of drug-likeness (QED) is 0.555. The highest BCUT2D eigenvalue weighted by molar-refractivity contribution is 5.95. The van der Waals surface area contributed by atoms with Gasteiger partial charge in [0.05, 0.1) is 11.4 Å². The van der Waals surface area contributed by atoms with E-state index in [4.69, 9.17) is 0 Å². The van der Waals surface area contributed by atoms with Crippen molar-refractivity contribution in [1.82, 2.24) is 20.2 Å². The zero-order valence-corrected chi connectivity index (χ0v) is 18.4. The molecule has 1 aliphatic rings. The Labute approximate surface area is 187 Å². The average molecular weight is 433 g/mol. The van der Waals surface area contributed by atoms with Gasteiger partial charge in [0.25, 0.3) is 5.91 Å². The van der Waals surface area contributed by atoms with Crippen LogP contribution in [0.1, 0.15) is 35.7 Å². The molecule has 0 saturated carbocycles. The number of carbonyl (C=O) groups is 1. The van der Waals surface area contributed by atoms with Gasteiger partial charge < -0.3 is 15.4 Å². The summed E-state index contributed by atoms with van der Waals surface area (Å²) in [5.74, 6) is 0.0674. The predicted octanol–water partition coefficient (Wildman–Crippen LogP) is 3.33. The lowest BCUT2D eigenvalue weighted by Gasteiger charge is -2.22. The minimum atomic E-state index is -0.473. The smallest absolute Gasteiger partial charge is 0.345 e. The van der Waals surface area contributed by atoms with E-state index < -0.39 is 5.69 Å². The Hall–Kier alpha value is -3.45. The number of H-pyrrole nitrogens is 1. The van der Waals surface area contributed by atoms with Crippen LogP contribution < -0.4 is 11.0 Å². The number of likely N-dealkylation sites (N-methyl/N-ethyl adjacent to an activating group) is 1.